The molecule has 1 aliphatic carbocycles. The second-order valence-electron chi connectivity index (χ2n) is 9.19. The number of aromatic carboxylic acids is 1. The van der Waals surface area contributed by atoms with Gasteiger partial charge in [-0.3, -0.25) is 0 Å². The highest BCUT2D eigenvalue weighted by Gasteiger charge is 2.37. The number of benzene rings is 2. The first-order valence-corrected chi connectivity index (χ1v) is 12.2. The zero-order valence-corrected chi connectivity index (χ0v) is 19.6. The Labute approximate surface area is 200 Å². The number of anilines is 1. The largest absolute Gasteiger partial charge is 0.487 e. The molecular formula is C27H32ClNO4. The fourth-order valence-corrected chi connectivity index (χ4v) is 5.22. The topological polar surface area (TPSA) is 70.0 Å². The molecular weight excluding hydrogens is 438 g/mol. The van der Waals surface area contributed by atoms with Gasteiger partial charge in [-0.2, -0.15) is 0 Å². The first kappa shape index (κ1) is 23.7. The molecule has 1 saturated carbocycles. The minimum atomic E-state index is -0.949. The molecule has 176 valence electrons. The van der Waals surface area contributed by atoms with Crippen molar-refractivity contribution >= 4 is 23.3 Å². The third kappa shape index (κ3) is 5.53. The van der Waals surface area contributed by atoms with Gasteiger partial charge in [0.1, 0.15) is 12.4 Å². The smallest absolute Gasteiger partial charge is 0.335 e. The summed E-state index contributed by atoms with van der Waals surface area (Å²) in [5.41, 5.74) is 3.37. The van der Waals surface area contributed by atoms with Gasteiger partial charge in [-0.25, -0.2) is 4.79 Å². The number of hydrogen-bond donors (Lipinski definition) is 2. The van der Waals surface area contributed by atoms with E-state index in [4.69, 9.17) is 16.3 Å². The summed E-state index contributed by atoms with van der Waals surface area (Å²) in [6.07, 6.45) is 6.99. The number of aliphatic hydroxyl groups is 1. The third-order valence-corrected chi connectivity index (χ3v) is 7.29. The normalized spacial score (nSPS) is 21.5. The van der Waals surface area contributed by atoms with E-state index < -0.39 is 5.97 Å². The molecule has 4 rings (SSSR count). The summed E-state index contributed by atoms with van der Waals surface area (Å²) in [5, 5.41) is 20.8. The number of aliphatic hydroxyl groups excluding tert-OH is 1. The van der Waals surface area contributed by atoms with Crippen LogP contribution < -0.4 is 9.64 Å². The number of fused-ring (bicyclic) bond motifs is 2. The predicted octanol–water partition coefficient (Wildman–Crippen LogP) is 5.72. The van der Waals surface area contributed by atoms with Crippen molar-refractivity contribution in [3.63, 3.8) is 0 Å². The van der Waals surface area contributed by atoms with Crippen LogP contribution in [0.2, 0.25) is 5.02 Å². The van der Waals surface area contributed by atoms with Crippen molar-refractivity contribution in [2.24, 2.45) is 11.8 Å². The lowest BCUT2D eigenvalue weighted by Crippen LogP contribution is -2.43. The molecule has 2 aliphatic rings. The van der Waals surface area contributed by atoms with Gasteiger partial charge in [-0.05, 0) is 91.8 Å². The molecule has 1 fully saturated rings. The average molecular weight is 470 g/mol. The van der Waals surface area contributed by atoms with Crippen molar-refractivity contribution in [3.05, 3.63) is 70.8 Å². The van der Waals surface area contributed by atoms with Gasteiger partial charge in [0.15, 0.2) is 0 Å². The summed E-state index contributed by atoms with van der Waals surface area (Å²) in [6, 6.07) is 11.0. The van der Waals surface area contributed by atoms with Crippen LogP contribution in [-0.4, -0.2) is 35.4 Å². The van der Waals surface area contributed by atoms with Crippen molar-refractivity contribution in [2.45, 2.75) is 51.2 Å². The molecule has 6 heteroatoms. The van der Waals surface area contributed by atoms with Crippen LogP contribution >= 0.6 is 11.6 Å². The fraction of sp³-hybridized carbons (Fsp3) is 0.444. The lowest BCUT2D eigenvalue weighted by molar-refractivity contribution is 0.0181. The quantitative estimate of drug-likeness (QED) is 0.529. The van der Waals surface area contributed by atoms with E-state index in [0.29, 0.717) is 24.7 Å². The van der Waals surface area contributed by atoms with Crippen molar-refractivity contribution in [1.29, 1.82) is 0 Å². The Bertz CT molecular complexity index is 1010. The van der Waals surface area contributed by atoms with E-state index in [0.717, 1.165) is 61.5 Å². The predicted molar refractivity (Wildman–Crippen MR) is 131 cm³/mol. The standard InChI is InChI=1S/C27H32ClNO4/c1-2-5-25(30)23-11-8-20(23)16-29-13-4-3-6-18-14-22(28)10-7-21(18)17-33-26-12-9-19(27(31)32)15-24(26)29/h2,7,9-10,12,14-15,20,23,25,30H,1,3-6,8,11,13,16-17H2,(H,31,32)/t20-,23?,25-/m0/s1. The number of carboxylic acids is 1. The number of nitrogens with zero attached hydrogens (tertiary/aromatic N) is 1. The van der Waals surface area contributed by atoms with Crippen LogP contribution in [-0.2, 0) is 13.0 Å². The molecule has 5 nitrogen and oxygen atoms in total. The van der Waals surface area contributed by atoms with Crippen molar-refractivity contribution in [1.82, 2.24) is 0 Å². The van der Waals surface area contributed by atoms with Crippen LogP contribution in [0.1, 0.15) is 53.6 Å². The second-order valence-corrected chi connectivity index (χ2v) is 9.62. The maximum atomic E-state index is 11.7. The molecule has 1 unspecified atom stereocenters. The van der Waals surface area contributed by atoms with Gasteiger partial charge in [0.25, 0.3) is 0 Å². The van der Waals surface area contributed by atoms with Gasteiger partial charge >= 0.3 is 5.97 Å². The van der Waals surface area contributed by atoms with E-state index >= 15 is 0 Å². The highest BCUT2D eigenvalue weighted by molar-refractivity contribution is 6.30. The van der Waals surface area contributed by atoms with Crippen molar-refractivity contribution in [3.8, 4) is 5.75 Å². The molecule has 0 aromatic heterocycles. The van der Waals surface area contributed by atoms with Crippen LogP contribution in [0.5, 0.6) is 5.75 Å². The molecule has 2 N–H and O–H groups in total. The van der Waals surface area contributed by atoms with Gasteiger partial charge in [0.05, 0.1) is 17.4 Å². The Balaban J connectivity index is 1.63. The van der Waals surface area contributed by atoms with E-state index in [9.17, 15) is 15.0 Å². The molecule has 1 heterocycles. The maximum absolute atomic E-state index is 11.7. The highest BCUT2D eigenvalue weighted by atomic mass is 35.5. The van der Waals surface area contributed by atoms with Crippen LogP contribution in [0.25, 0.3) is 0 Å². The number of aryl methyl sites for hydroxylation is 1. The van der Waals surface area contributed by atoms with Gasteiger partial charge < -0.3 is 19.8 Å². The lowest BCUT2D eigenvalue weighted by Gasteiger charge is -2.43. The Morgan fingerprint density at radius 3 is 2.79 bits per heavy atom. The summed E-state index contributed by atoms with van der Waals surface area (Å²) >= 11 is 6.24. The maximum Gasteiger partial charge on any atom is 0.335 e. The molecule has 0 saturated heterocycles. The third-order valence-electron chi connectivity index (χ3n) is 7.06. The Morgan fingerprint density at radius 1 is 1.21 bits per heavy atom. The molecule has 33 heavy (non-hydrogen) atoms. The molecule has 2 aromatic rings. The number of rotatable bonds is 6. The SMILES string of the molecule is C=CC[C@H](O)C1CC[C@H]1CN1CCCCc2cc(Cl)ccc2COc2ccc(C(=O)O)cc21. The first-order chi connectivity index (χ1) is 16.0. The van der Waals surface area contributed by atoms with Crippen molar-refractivity contribution < 1.29 is 19.7 Å². The molecule has 0 radical (unpaired) electrons. The minimum absolute atomic E-state index is 0.250. The van der Waals surface area contributed by atoms with Crippen LogP contribution in [0.4, 0.5) is 5.69 Å². The van der Waals surface area contributed by atoms with Crippen LogP contribution in [0.3, 0.4) is 0 Å². The zero-order chi connectivity index (χ0) is 23.4. The molecule has 0 bridgehead atoms. The van der Waals surface area contributed by atoms with E-state index in [1.807, 2.05) is 18.2 Å². The molecule has 1 aliphatic heterocycles. The van der Waals surface area contributed by atoms with Gasteiger partial charge in [-0.1, -0.05) is 23.7 Å². The minimum Gasteiger partial charge on any atom is -0.487 e. The monoisotopic (exact) mass is 469 g/mol. The van der Waals surface area contributed by atoms with E-state index in [1.165, 1.54) is 5.56 Å². The zero-order valence-electron chi connectivity index (χ0n) is 18.9. The second kappa shape index (κ2) is 10.6. The summed E-state index contributed by atoms with van der Waals surface area (Å²) in [6.45, 7) is 5.74. The summed E-state index contributed by atoms with van der Waals surface area (Å²) in [4.78, 5) is 14.0. The van der Waals surface area contributed by atoms with Crippen molar-refractivity contribution in [2.75, 3.05) is 18.0 Å². The Hall–Kier alpha value is -2.50. The fourth-order valence-electron chi connectivity index (χ4n) is 5.03. The van der Waals surface area contributed by atoms with Gasteiger partial charge in [-0.15, -0.1) is 6.58 Å². The van der Waals surface area contributed by atoms with Gasteiger partial charge in [0, 0.05) is 18.1 Å². The lowest BCUT2D eigenvalue weighted by atomic mass is 9.69. The van der Waals surface area contributed by atoms with Crippen LogP contribution in [0.15, 0.2) is 49.1 Å². The molecule has 0 spiro atoms. The number of carboxylic acid groups (broad SMARTS) is 1. The summed E-state index contributed by atoms with van der Waals surface area (Å²) in [5.74, 6) is 0.349. The Kier molecular flexibility index (Phi) is 7.61. The number of halogens is 1. The summed E-state index contributed by atoms with van der Waals surface area (Å²) in [7, 11) is 0. The number of ether oxygens (including phenoxy) is 1. The summed E-state index contributed by atoms with van der Waals surface area (Å²) < 4.78 is 6.26. The highest BCUT2D eigenvalue weighted by Crippen LogP contribution is 2.41. The molecule has 2 aromatic carbocycles. The van der Waals surface area contributed by atoms with E-state index in [-0.39, 0.29) is 17.6 Å². The van der Waals surface area contributed by atoms with Gasteiger partial charge in [0.2, 0.25) is 0 Å². The number of carbonyl (C=O) groups is 1. The average Bonchev–Trinajstić information content (AvgIpc) is 2.80. The Morgan fingerprint density at radius 2 is 2.06 bits per heavy atom. The molecule has 0 amide bonds. The van der Waals surface area contributed by atoms with Crippen LogP contribution in [0, 0.1) is 11.8 Å². The van der Waals surface area contributed by atoms with E-state index in [1.54, 1.807) is 24.3 Å². The first-order valence-electron chi connectivity index (χ1n) is 11.8. The molecule has 3 atom stereocenters. The number of hydrogen-bond acceptors (Lipinski definition) is 4. The van der Waals surface area contributed by atoms with E-state index in [2.05, 4.69) is 11.5 Å².